The quantitative estimate of drug-likeness (QED) is 0.710. The van der Waals surface area contributed by atoms with Crippen LogP contribution >= 0.6 is 0 Å². The summed E-state index contributed by atoms with van der Waals surface area (Å²) in [5, 5.41) is 9.23. The standard InChI is InChI=1S/C8H17O2.C3H7O.Zr/c1-3-5-8(10)7(4-2)6-9;1-3(2)4;/h7-9H,3-6H2,1-2H3;3H,1-2H3;/q2*-1;+2. The topological polar surface area (TPSA) is 38.7 Å². The van der Waals surface area contributed by atoms with E-state index in [1.54, 1.807) is 0 Å². The van der Waals surface area contributed by atoms with Gasteiger partial charge in [-0.05, 0) is 0 Å². The summed E-state index contributed by atoms with van der Waals surface area (Å²) in [5.74, 6) is 0.279. The van der Waals surface area contributed by atoms with Gasteiger partial charge in [-0.1, -0.05) is 0 Å². The molecule has 0 aliphatic carbocycles. The molecule has 2 atom stereocenters. The van der Waals surface area contributed by atoms with Gasteiger partial charge in [-0.15, -0.1) is 0 Å². The third-order valence-electron chi connectivity index (χ3n) is 2.34. The summed E-state index contributed by atoms with van der Waals surface area (Å²) in [6.07, 6.45) is 3.58. The van der Waals surface area contributed by atoms with Gasteiger partial charge in [-0.3, -0.25) is 0 Å². The fraction of sp³-hybridized carbons (Fsp3) is 1.00. The molecule has 0 rings (SSSR count). The van der Waals surface area contributed by atoms with E-state index in [0.717, 1.165) is 19.3 Å². The van der Waals surface area contributed by atoms with Crippen LogP contribution in [0.5, 0.6) is 0 Å². The van der Waals surface area contributed by atoms with Gasteiger partial charge in [-0.25, -0.2) is 0 Å². The molecule has 0 saturated carbocycles. The van der Waals surface area contributed by atoms with E-state index in [-0.39, 0.29) is 24.7 Å². The summed E-state index contributed by atoms with van der Waals surface area (Å²) in [4.78, 5) is 0. The molecule has 2 unspecified atom stereocenters. The van der Waals surface area contributed by atoms with E-state index in [1.807, 2.05) is 13.8 Å². The van der Waals surface area contributed by atoms with E-state index in [1.165, 1.54) is 0 Å². The maximum atomic E-state index is 9.23. The van der Waals surface area contributed by atoms with Crippen molar-refractivity contribution in [2.45, 2.75) is 59.2 Å². The number of rotatable bonds is 9. The fourth-order valence-corrected chi connectivity index (χ4v) is 3.05. The first-order chi connectivity index (χ1) is 7.15. The monoisotopic (exact) mass is 294 g/mol. The van der Waals surface area contributed by atoms with Crippen LogP contribution in [0.4, 0.5) is 0 Å². The zero-order chi connectivity index (χ0) is 11.7. The van der Waals surface area contributed by atoms with Gasteiger partial charge in [0.25, 0.3) is 0 Å². The van der Waals surface area contributed by atoms with Crippen LogP contribution in [0.25, 0.3) is 0 Å². The van der Waals surface area contributed by atoms with Crippen molar-refractivity contribution in [3.05, 3.63) is 0 Å². The Morgan fingerprint density at radius 3 is 2.27 bits per heavy atom. The van der Waals surface area contributed by atoms with Crippen LogP contribution in [0.15, 0.2) is 0 Å². The van der Waals surface area contributed by atoms with Crippen molar-refractivity contribution in [2.24, 2.45) is 5.92 Å². The number of hydrogen-bond acceptors (Lipinski definition) is 3. The third kappa shape index (κ3) is 7.62. The number of aliphatic hydroxyl groups is 1. The average Bonchev–Trinajstić information content (AvgIpc) is 2.19. The molecule has 0 aromatic rings. The van der Waals surface area contributed by atoms with Crippen LogP contribution in [0.3, 0.4) is 0 Å². The molecule has 0 aliphatic heterocycles. The second-order valence-corrected chi connectivity index (χ2v) is 5.61. The summed E-state index contributed by atoms with van der Waals surface area (Å²) >= 11 is -1.15. The van der Waals surface area contributed by atoms with Crippen LogP contribution < -0.4 is 0 Å². The van der Waals surface area contributed by atoms with Gasteiger partial charge in [0.15, 0.2) is 0 Å². The van der Waals surface area contributed by atoms with E-state index < -0.39 is 24.1 Å². The average molecular weight is 296 g/mol. The zero-order valence-corrected chi connectivity index (χ0v) is 12.8. The van der Waals surface area contributed by atoms with Crippen LogP contribution in [0.1, 0.15) is 47.0 Å². The van der Waals surface area contributed by atoms with Gasteiger partial charge < -0.3 is 0 Å². The molecule has 0 fully saturated rings. The maximum absolute atomic E-state index is 9.23. The SMILES string of the molecule is CCCC([O][Zr][O]C(C)C)C(CC)CO. The molecule has 90 valence electrons. The third-order valence-corrected chi connectivity index (χ3v) is 4.72. The predicted octanol–water partition coefficient (Wildman–Crippen LogP) is 2.53. The normalized spacial score (nSPS) is 15.3. The molecule has 0 amide bonds. The molecule has 3 nitrogen and oxygen atoms in total. The summed E-state index contributed by atoms with van der Waals surface area (Å²) in [5.41, 5.74) is 0. The Kier molecular flexibility index (Phi) is 10.5. The Labute approximate surface area is 106 Å². The van der Waals surface area contributed by atoms with E-state index in [0.29, 0.717) is 0 Å². The summed E-state index contributed by atoms with van der Waals surface area (Å²) in [6.45, 7) is 8.53. The first-order valence-electron chi connectivity index (χ1n) is 5.82. The Morgan fingerprint density at radius 2 is 1.87 bits per heavy atom. The zero-order valence-electron chi connectivity index (χ0n) is 10.3. The summed E-state index contributed by atoms with van der Waals surface area (Å²) in [7, 11) is 0. The minimum atomic E-state index is -1.15. The second-order valence-electron chi connectivity index (χ2n) is 4.05. The molecular weight excluding hydrogens is 271 g/mol. The van der Waals surface area contributed by atoms with E-state index in [4.69, 9.17) is 5.63 Å². The van der Waals surface area contributed by atoms with Gasteiger partial charge in [0, 0.05) is 0 Å². The Hall–Kier alpha value is 0.763. The molecule has 0 aliphatic rings. The Bertz CT molecular complexity index is 138. The molecule has 0 spiro atoms. The van der Waals surface area contributed by atoms with Gasteiger partial charge in [-0.2, -0.15) is 0 Å². The van der Waals surface area contributed by atoms with Crippen molar-refractivity contribution in [1.29, 1.82) is 0 Å². The minimum absolute atomic E-state index is 0.204. The first-order valence-corrected chi connectivity index (χ1v) is 7.83. The van der Waals surface area contributed by atoms with Crippen molar-refractivity contribution in [2.75, 3.05) is 6.61 Å². The van der Waals surface area contributed by atoms with Crippen LogP contribution in [0, 0.1) is 5.92 Å². The molecule has 1 N–H and O–H groups in total. The van der Waals surface area contributed by atoms with Crippen molar-refractivity contribution in [3.8, 4) is 0 Å². The summed E-state index contributed by atoms with van der Waals surface area (Å²) in [6, 6.07) is 0. The van der Waals surface area contributed by atoms with Crippen molar-refractivity contribution in [1.82, 2.24) is 0 Å². The van der Waals surface area contributed by atoms with Crippen molar-refractivity contribution >= 4 is 0 Å². The molecule has 0 radical (unpaired) electrons. The molecule has 0 aromatic heterocycles. The van der Waals surface area contributed by atoms with Gasteiger partial charge in [0.05, 0.1) is 0 Å². The number of aliphatic hydroxyl groups excluding tert-OH is 1. The number of hydrogen-bond donors (Lipinski definition) is 1. The Morgan fingerprint density at radius 1 is 1.20 bits per heavy atom. The molecule has 0 saturated heterocycles. The molecule has 0 bridgehead atoms. The second kappa shape index (κ2) is 9.95. The van der Waals surface area contributed by atoms with Gasteiger partial charge in [0.2, 0.25) is 0 Å². The van der Waals surface area contributed by atoms with Gasteiger partial charge >= 0.3 is 107 Å². The predicted molar refractivity (Wildman–Crippen MR) is 56.9 cm³/mol. The molecule has 0 heterocycles. The van der Waals surface area contributed by atoms with Crippen LogP contribution in [0.2, 0.25) is 0 Å². The van der Waals surface area contributed by atoms with Crippen molar-refractivity contribution < 1.29 is 34.8 Å². The van der Waals surface area contributed by atoms with Crippen LogP contribution in [-0.2, 0) is 29.7 Å². The van der Waals surface area contributed by atoms with Gasteiger partial charge in [0.1, 0.15) is 0 Å². The molecular formula is C11H24O3Zr. The fourth-order valence-electron chi connectivity index (χ4n) is 1.37. The van der Waals surface area contributed by atoms with Crippen LogP contribution in [-0.4, -0.2) is 23.9 Å². The first kappa shape index (κ1) is 15.8. The molecule has 0 aromatic carbocycles. The molecule has 15 heavy (non-hydrogen) atoms. The van der Waals surface area contributed by atoms with E-state index >= 15 is 0 Å². The summed E-state index contributed by atoms with van der Waals surface area (Å²) < 4.78 is 11.3. The van der Waals surface area contributed by atoms with E-state index in [9.17, 15) is 5.11 Å². The molecule has 4 heteroatoms. The Balaban J connectivity index is 3.91. The van der Waals surface area contributed by atoms with E-state index in [2.05, 4.69) is 13.8 Å². The van der Waals surface area contributed by atoms with Crippen molar-refractivity contribution in [3.63, 3.8) is 0 Å².